The SMILES string of the molecule is COCCN1CC[C@@H](NC(=O)Nc2ccc(Cl)cc2)[C@H](c2ccc(OC)cc2)C1. The predicted molar refractivity (Wildman–Crippen MR) is 116 cm³/mol. The van der Waals surface area contributed by atoms with Crippen LogP contribution in [0.15, 0.2) is 48.5 Å². The first-order valence-corrected chi connectivity index (χ1v) is 10.1. The summed E-state index contributed by atoms with van der Waals surface area (Å²) in [4.78, 5) is 15.0. The van der Waals surface area contributed by atoms with Crippen LogP contribution in [0.5, 0.6) is 5.75 Å². The fourth-order valence-corrected chi connectivity index (χ4v) is 3.80. The third-order valence-corrected chi connectivity index (χ3v) is 5.52. The molecule has 0 unspecified atom stereocenters. The Labute approximate surface area is 177 Å². The summed E-state index contributed by atoms with van der Waals surface area (Å²) < 4.78 is 10.5. The lowest BCUT2D eigenvalue weighted by Gasteiger charge is -2.39. The molecule has 0 saturated carbocycles. The zero-order chi connectivity index (χ0) is 20.6. The number of methoxy groups -OCH3 is 2. The van der Waals surface area contributed by atoms with E-state index < -0.39 is 0 Å². The van der Waals surface area contributed by atoms with Gasteiger partial charge in [-0.3, -0.25) is 0 Å². The number of halogens is 1. The van der Waals surface area contributed by atoms with Crippen molar-refractivity contribution < 1.29 is 14.3 Å². The van der Waals surface area contributed by atoms with E-state index in [0.717, 1.165) is 31.8 Å². The standard InChI is InChI=1S/C22H28ClN3O3/c1-28-14-13-26-12-11-21(20(15-26)16-3-9-19(29-2)10-4-16)25-22(27)24-18-7-5-17(23)6-8-18/h3-10,20-21H,11-15H2,1-2H3,(H2,24,25,27)/t20-,21+/m0/s1. The molecule has 1 aliphatic rings. The van der Waals surface area contributed by atoms with Crippen molar-refractivity contribution in [3.8, 4) is 5.75 Å². The number of carbonyl (C=O) groups excluding carboxylic acids is 1. The predicted octanol–water partition coefficient (Wildman–Crippen LogP) is 3.97. The van der Waals surface area contributed by atoms with Crippen molar-refractivity contribution in [1.29, 1.82) is 0 Å². The lowest BCUT2D eigenvalue weighted by atomic mass is 9.86. The highest BCUT2D eigenvalue weighted by Crippen LogP contribution is 2.29. The molecule has 0 aliphatic carbocycles. The van der Waals surface area contributed by atoms with Gasteiger partial charge >= 0.3 is 6.03 Å². The zero-order valence-electron chi connectivity index (χ0n) is 16.9. The third-order valence-electron chi connectivity index (χ3n) is 5.27. The van der Waals surface area contributed by atoms with Gasteiger partial charge in [0.25, 0.3) is 0 Å². The summed E-state index contributed by atoms with van der Waals surface area (Å²) in [6, 6.07) is 15.0. The molecular weight excluding hydrogens is 390 g/mol. The number of ether oxygens (including phenoxy) is 2. The number of hydrogen-bond acceptors (Lipinski definition) is 4. The molecule has 2 aromatic rings. The van der Waals surface area contributed by atoms with E-state index in [0.29, 0.717) is 17.3 Å². The highest BCUT2D eigenvalue weighted by molar-refractivity contribution is 6.30. The molecule has 0 radical (unpaired) electrons. The molecule has 6 nitrogen and oxygen atoms in total. The maximum absolute atomic E-state index is 12.6. The first-order valence-electron chi connectivity index (χ1n) is 9.77. The number of carbonyl (C=O) groups is 1. The van der Waals surface area contributed by atoms with Gasteiger partial charge in [0.05, 0.1) is 13.7 Å². The second-order valence-electron chi connectivity index (χ2n) is 7.17. The molecule has 3 rings (SSSR count). The average molecular weight is 418 g/mol. The molecule has 0 aromatic heterocycles. The van der Waals surface area contributed by atoms with E-state index in [-0.39, 0.29) is 18.0 Å². The van der Waals surface area contributed by atoms with E-state index >= 15 is 0 Å². The molecule has 2 aromatic carbocycles. The number of rotatable bonds is 7. The third kappa shape index (κ3) is 6.10. The van der Waals surface area contributed by atoms with Crippen molar-refractivity contribution >= 4 is 23.3 Å². The van der Waals surface area contributed by atoms with Gasteiger partial charge in [0.15, 0.2) is 0 Å². The largest absolute Gasteiger partial charge is 0.497 e. The Morgan fingerprint density at radius 1 is 1.14 bits per heavy atom. The minimum Gasteiger partial charge on any atom is -0.497 e. The fourth-order valence-electron chi connectivity index (χ4n) is 3.67. The molecule has 156 valence electrons. The number of piperidine rings is 1. The maximum atomic E-state index is 12.6. The van der Waals surface area contributed by atoms with E-state index in [1.165, 1.54) is 5.56 Å². The van der Waals surface area contributed by atoms with Crippen LogP contribution in [0.1, 0.15) is 17.9 Å². The molecule has 2 N–H and O–H groups in total. The molecule has 1 heterocycles. The number of hydrogen-bond donors (Lipinski definition) is 2. The maximum Gasteiger partial charge on any atom is 0.319 e. The Hall–Kier alpha value is -2.28. The first-order chi connectivity index (χ1) is 14.1. The molecular formula is C22H28ClN3O3. The Kier molecular flexibility index (Phi) is 7.75. The highest BCUT2D eigenvalue weighted by atomic mass is 35.5. The summed E-state index contributed by atoms with van der Waals surface area (Å²) in [5.41, 5.74) is 1.90. The van der Waals surface area contributed by atoms with Crippen LogP contribution in [-0.2, 0) is 4.74 Å². The van der Waals surface area contributed by atoms with Crippen molar-refractivity contribution in [2.75, 3.05) is 45.8 Å². The van der Waals surface area contributed by atoms with Crippen LogP contribution in [0.25, 0.3) is 0 Å². The molecule has 1 fully saturated rings. The van der Waals surface area contributed by atoms with Crippen LogP contribution in [0.4, 0.5) is 10.5 Å². The average Bonchev–Trinajstić information content (AvgIpc) is 2.74. The van der Waals surface area contributed by atoms with Crippen LogP contribution < -0.4 is 15.4 Å². The van der Waals surface area contributed by atoms with Crippen molar-refractivity contribution in [2.24, 2.45) is 0 Å². The lowest BCUT2D eigenvalue weighted by Crippen LogP contribution is -2.51. The number of nitrogens with zero attached hydrogens (tertiary/aromatic N) is 1. The smallest absolute Gasteiger partial charge is 0.319 e. The van der Waals surface area contributed by atoms with Crippen LogP contribution in [0, 0.1) is 0 Å². The summed E-state index contributed by atoms with van der Waals surface area (Å²) in [7, 11) is 3.38. The topological polar surface area (TPSA) is 62.8 Å². The normalized spacial score (nSPS) is 19.6. The number of benzene rings is 2. The van der Waals surface area contributed by atoms with Gasteiger partial charge in [-0.15, -0.1) is 0 Å². The first kappa shape index (κ1) is 21.4. The number of urea groups is 1. The second-order valence-corrected chi connectivity index (χ2v) is 7.61. The van der Waals surface area contributed by atoms with Gasteiger partial charge in [0.2, 0.25) is 0 Å². The molecule has 1 aliphatic heterocycles. The monoisotopic (exact) mass is 417 g/mol. The molecule has 1 saturated heterocycles. The van der Waals surface area contributed by atoms with Gasteiger partial charge in [0.1, 0.15) is 5.75 Å². The van der Waals surface area contributed by atoms with Crippen molar-refractivity contribution in [1.82, 2.24) is 10.2 Å². The summed E-state index contributed by atoms with van der Waals surface area (Å²) in [5, 5.41) is 6.69. The number of amides is 2. The molecule has 0 bridgehead atoms. The van der Waals surface area contributed by atoms with Crippen molar-refractivity contribution in [3.63, 3.8) is 0 Å². The number of anilines is 1. The van der Waals surface area contributed by atoms with Crippen LogP contribution >= 0.6 is 11.6 Å². The molecule has 7 heteroatoms. The fraction of sp³-hybridized carbons (Fsp3) is 0.409. The molecule has 2 atom stereocenters. The summed E-state index contributed by atoms with van der Waals surface area (Å²) in [6.07, 6.45) is 0.869. The van der Waals surface area contributed by atoms with E-state index in [4.69, 9.17) is 21.1 Å². The van der Waals surface area contributed by atoms with Gasteiger partial charge in [-0.05, 0) is 48.4 Å². The van der Waals surface area contributed by atoms with Gasteiger partial charge in [-0.25, -0.2) is 4.79 Å². The van der Waals surface area contributed by atoms with Crippen LogP contribution in [-0.4, -0.2) is 57.4 Å². The van der Waals surface area contributed by atoms with Crippen LogP contribution in [0.3, 0.4) is 0 Å². The lowest BCUT2D eigenvalue weighted by molar-refractivity contribution is 0.117. The second kappa shape index (κ2) is 10.5. The van der Waals surface area contributed by atoms with E-state index in [9.17, 15) is 4.79 Å². The molecule has 0 spiro atoms. The van der Waals surface area contributed by atoms with Gasteiger partial charge in [0, 0.05) is 49.4 Å². The summed E-state index contributed by atoms with van der Waals surface area (Å²) in [5.74, 6) is 1.01. The number of nitrogens with one attached hydrogen (secondary N) is 2. The highest BCUT2D eigenvalue weighted by Gasteiger charge is 2.31. The Morgan fingerprint density at radius 2 is 1.86 bits per heavy atom. The minimum absolute atomic E-state index is 0.0366. The Balaban J connectivity index is 1.69. The minimum atomic E-state index is -0.207. The van der Waals surface area contributed by atoms with Gasteiger partial charge in [-0.1, -0.05) is 23.7 Å². The Bertz CT molecular complexity index is 783. The van der Waals surface area contributed by atoms with Crippen LogP contribution in [0.2, 0.25) is 5.02 Å². The number of likely N-dealkylation sites (tertiary alicyclic amines) is 1. The summed E-state index contributed by atoms with van der Waals surface area (Å²) >= 11 is 5.91. The molecule has 2 amide bonds. The Morgan fingerprint density at radius 3 is 2.52 bits per heavy atom. The van der Waals surface area contributed by atoms with Crippen molar-refractivity contribution in [2.45, 2.75) is 18.4 Å². The van der Waals surface area contributed by atoms with Gasteiger partial charge < -0.3 is 25.0 Å². The zero-order valence-corrected chi connectivity index (χ0v) is 17.6. The molecule has 29 heavy (non-hydrogen) atoms. The van der Waals surface area contributed by atoms with E-state index in [1.807, 2.05) is 12.1 Å². The van der Waals surface area contributed by atoms with E-state index in [1.54, 1.807) is 38.5 Å². The van der Waals surface area contributed by atoms with E-state index in [2.05, 4.69) is 27.7 Å². The van der Waals surface area contributed by atoms with Crippen molar-refractivity contribution in [3.05, 3.63) is 59.1 Å². The summed E-state index contributed by atoms with van der Waals surface area (Å²) in [6.45, 7) is 3.36. The van der Waals surface area contributed by atoms with Gasteiger partial charge in [-0.2, -0.15) is 0 Å². The quantitative estimate of drug-likeness (QED) is 0.715.